The average molecular weight is 220 g/mol. The van der Waals surface area contributed by atoms with Gasteiger partial charge in [0.15, 0.2) is 0 Å². The lowest BCUT2D eigenvalue weighted by molar-refractivity contribution is 0.336. The van der Waals surface area contributed by atoms with Crippen molar-refractivity contribution in [3.8, 4) is 0 Å². The van der Waals surface area contributed by atoms with Crippen LogP contribution in [0.2, 0.25) is 0 Å². The number of pyridine rings is 1. The molecule has 2 heterocycles. The summed E-state index contributed by atoms with van der Waals surface area (Å²) in [4.78, 5) is 15.9. The Balaban J connectivity index is 1.96. The van der Waals surface area contributed by atoms with E-state index >= 15 is 0 Å². The van der Waals surface area contributed by atoms with Crippen LogP contribution in [0.4, 0.5) is 5.69 Å². The predicted molar refractivity (Wildman–Crippen MR) is 64.9 cm³/mol. The maximum Gasteiger partial charge on any atom is 0.250 e. The first-order valence-electron chi connectivity index (χ1n) is 5.43. The van der Waals surface area contributed by atoms with E-state index in [1.165, 1.54) is 11.8 Å². The van der Waals surface area contributed by atoms with Crippen molar-refractivity contribution in [1.82, 2.24) is 9.88 Å². The van der Waals surface area contributed by atoms with Crippen molar-refractivity contribution < 1.29 is 0 Å². The third-order valence-corrected chi connectivity index (χ3v) is 2.68. The van der Waals surface area contributed by atoms with Gasteiger partial charge in [0.25, 0.3) is 0 Å². The molecule has 1 aliphatic rings. The molecule has 0 spiro atoms. The maximum atomic E-state index is 11.0. The van der Waals surface area contributed by atoms with Crippen LogP contribution in [-0.4, -0.2) is 35.7 Å². The van der Waals surface area contributed by atoms with Gasteiger partial charge in [-0.15, -0.1) is 0 Å². The number of piperidine rings is 1. The third-order valence-electron chi connectivity index (χ3n) is 2.68. The monoisotopic (exact) mass is 220 g/mol. The fourth-order valence-electron chi connectivity index (χ4n) is 1.65. The van der Waals surface area contributed by atoms with Crippen LogP contribution >= 0.6 is 0 Å². The van der Waals surface area contributed by atoms with Crippen molar-refractivity contribution in [2.75, 3.05) is 25.6 Å². The van der Waals surface area contributed by atoms with Gasteiger partial charge in [0.2, 0.25) is 5.56 Å². The Morgan fingerprint density at radius 2 is 2.19 bits per heavy atom. The predicted octanol–water partition coefficient (Wildman–Crippen LogP) is 0.868. The third kappa shape index (κ3) is 2.93. The van der Waals surface area contributed by atoms with Crippen LogP contribution in [0.15, 0.2) is 28.2 Å². The minimum atomic E-state index is -0.117. The summed E-state index contributed by atoms with van der Waals surface area (Å²) in [6.45, 7) is 2.10. The molecule has 1 aliphatic heterocycles. The fraction of sp³-hybridized carbons (Fsp3) is 0.455. The van der Waals surface area contributed by atoms with E-state index in [-0.39, 0.29) is 5.56 Å². The number of nitrogens with zero attached hydrogens (tertiary/aromatic N) is 2. The minimum Gasteiger partial charge on any atom is -0.329 e. The van der Waals surface area contributed by atoms with Crippen LogP contribution in [0.25, 0.3) is 0 Å². The quantitative estimate of drug-likeness (QED) is 0.727. The van der Waals surface area contributed by atoms with Crippen LogP contribution in [-0.2, 0) is 0 Å². The van der Waals surface area contributed by atoms with Crippen LogP contribution in [0.5, 0.6) is 0 Å². The summed E-state index contributed by atoms with van der Waals surface area (Å²) in [5, 5.41) is 4.32. The van der Waals surface area contributed by atoms with E-state index in [1.807, 2.05) is 0 Å². The molecule has 86 valence electrons. The SMILES string of the molecule is CN1CCC(=NNc2cc[nH]c(=O)c2)CC1. The van der Waals surface area contributed by atoms with Crippen LogP contribution in [0, 0.1) is 0 Å². The first-order valence-corrected chi connectivity index (χ1v) is 5.43. The maximum absolute atomic E-state index is 11.0. The Hall–Kier alpha value is -1.62. The van der Waals surface area contributed by atoms with E-state index in [4.69, 9.17) is 0 Å². The summed E-state index contributed by atoms with van der Waals surface area (Å²) >= 11 is 0. The molecule has 0 aromatic carbocycles. The van der Waals surface area contributed by atoms with Gasteiger partial charge in [-0.2, -0.15) is 5.10 Å². The van der Waals surface area contributed by atoms with Crippen molar-refractivity contribution in [2.24, 2.45) is 5.10 Å². The fourth-order valence-corrected chi connectivity index (χ4v) is 1.65. The molecule has 1 saturated heterocycles. The average Bonchev–Trinajstić information content (AvgIpc) is 2.28. The molecule has 0 atom stereocenters. The van der Waals surface area contributed by atoms with E-state index in [2.05, 4.69) is 27.5 Å². The molecule has 0 bridgehead atoms. The van der Waals surface area contributed by atoms with Gasteiger partial charge in [-0.25, -0.2) is 0 Å². The lowest BCUT2D eigenvalue weighted by Gasteiger charge is -2.22. The van der Waals surface area contributed by atoms with E-state index in [9.17, 15) is 4.79 Å². The summed E-state index contributed by atoms with van der Waals surface area (Å²) in [7, 11) is 2.11. The number of hydrogen-bond donors (Lipinski definition) is 2. The highest BCUT2D eigenvalue weighted by Gasteiger charge is 2.10. The lowest BCUT2D eigenvalue weighted by atomic mass is 10.1. The van der Waals surface area contributed by atoms with E-state index < -0.39 is 0 Å². The van der Waals surface area contributed by atoms with Gasteiger partial charge in [0.05, 0.1) is 5.69 Å². The van der Waals surface area contributed by atoms with Crippen molar-refractivity contribution in [3.05, 3.63) is 28.7 Å². The highest BCUT2D eigenvalue weighted by atomic mass is 16.1. The molecule has 0 saturated carbocycles. The molecule has 0 unspecified atom stereocenters. The molecule has 0 radical (unpaired) electrons. The Morgan fingerprint density at radius 3 is 2.88 bits per heavy atom. The molecule has 5 nitrogen and oxygen atoms in total. The number of hydrogen-bond acceptors (Lipinski definition) is 4. The Kier molecular flexibility index (Phi) is 3.36. The molecule has 0 aliphatic carbocycles. The van der Waals surface area contributed by atoms with E-state index in [0.29, 0.717) is 0 Å². The zero-order valence-electron chi connectivity index (χ0n) is 9.36. The summed E-state index contributed by atoms with van der Waals surface area (Å²) in [5.41, 5.74) is 4.70. The van der Waals surface area contributed by atoms with Crippen LogP contribution in [0.1, 0.15) is 12.8 Å². The first-order chi connectivity index (χ1) is 7.74. The molecule has 2 N–H and O–H groups in total. The number of aromatic nitrogens is 1. The second kappa shape index (κ2) is 4.94. The van der Waals surface area contributed by atoms with Gasteiger partial charge in [0, 0.05) is 43.9 Å². The number of rotatable bonds is 2. The number of hydrazone groups is 1. The number of H-pyrrole nitrogens is 1. The van der Waals surface area contributed by atoms with Gasteiger partial charge in [-0.3, -0.25) is 10.2 Å². The molecule has 1 aromatic rings. The van der Waals surface area contributed by atoms with Crippen LogP contribution < -0.4 is 11.0 Å². The normalized spacial score (nSPS) is 17.2. The van der Waals surface area contributed by atoms with Crippen molar-refractivity contribution >= 4 is 11.4 Å². The van der Waals surface area contributed by atoms with Gasteiger partial charge in [-0.1, -0.05) is 0 Å². The van der Waals surface area contributed by atoms with Gasteiger partial charge in [0.1, 0.15) is 0 Å². The van der Waals surface area contributed by atoms with Crippen molar-refractivity contribution in [3.63, 3.8) is 0 Å². The van der Waals surface area contributed by atoms with E-state index in [1.54, 1.807) is 12.3 Å². The highest BCUT2D eigenvalue weighted by molar-refractivity contribution is 5.86. The summed E-state index contributed by atoms with van der Waals surface area (Å²) in [6, 6.07) is 3.29. The minimum absolute atomic E-state index is 0.117. The molecule has 2 rings (SSSR count). The molecule has 16 heavy (non-hydrogen) atoms. The molecule has 5 heteroatoms. The zero-order valence-corrected chi connectivity index (χ0v) is 9.36. The van der Waals surface area contributed by atoms with Crippen molar-refractivity contribution in [2.45, 2.75) is 12.8 Å². The second-order valence-electron chi connectivity index (χ2n) is 4.03. The smallest absolute Gasteiger partial charge is 0.250 e. The molecular formula is C11H16N4O. The molecule has 1 aromatic heterocycles. The molecule has 0 amide bonds. The Labute approximate surface area is 94.2 Å². The molecule has 1 fully saturated rings. The number of nitrogens with one attached hydrogen (secondary N) is 2. The number of aromatic amines is 1. The lowest BCUT2D eigenvalue weighted by Crippen LogP contribution is -2.30. The van der Waals surface area contributed by atoms with Gasteiger partial charge < -0.3 is 9.88 Å². The van der Waals surface area contributed by atoms with Gasteiger partial charge >= 0.3 is 0 Å². The summed E-state index contributed by atoms with van der Waals surface area (Å²) in [6.07, 6.45) is 3.60. The number of anilines is 1. The van der Waals surface area contributed by atoms with E-state index in [0.717, 1.165) is 31.6 Å². The highest BCUT2D eigenvalue weighted by Crippen LogP contribution is 2.06. The second-order valence-corrected chi connectivity index (χ2v) is 4.03. The summed E-state index contributed by atoms with van der Waals surface area (Å²) < 4.78 is 0. The van der Waals surface area contributed by atoms with Gasteiger partial charge in [-0.05, 0) is 13.1 Å². The Morgan fingerprint density at radius 1 is 1.44 bits per heavy atom. The van der Waals surface area contributed by atoms with Crippen molar-refractivity contribution in [1.29, 1.82) is 0 Å². The number of likely N-dealkylation sites (tertiary alicyclic amines) is 1. The van der Waals surface area contributed by atoms with Crippen LogP contribution in [0.3, 0.4) is 0 Å². The first kappa shape index (κ1) is 10.9. The Bertz CT molecular complexity index is 428. The zero-order chi connectivity index (χ0) is 11.4. The standard InChI is InChI=1S/C11H16N4O/c1-15-6-3-9(4-7-15)13-14-10-2-5-12-11(16)8-10/h2,5,8H,3-4,6-7H2,1H3,(H2,12,14,16). The molecular weight excluding hydrogens is 204 g/mol. The topological polar surface area (TPSA) is 60.5 Å². The summed E-state index contributed by atoms with van der Waals surface area (Å²) in [5.74, 6) is 0. The largest absolute Gasteiger partial charge is 0.329 e.